The van der Waals surface area contributed by atoms with Gasteiger partial charge < -0.3 is 15.6 Å². The first-order chi connectivity index (χ1) is 10.2. The Morgan fingerprint density at radius 1 is 1.43 bits per heavy atom. The molecular formula is C16H23N5. The summed E-state index contributed by atoms with van der Waals surface area (Å²) in [4.78, 5) is 8.97. The highest BCUT2D eigenvalue weighted by molar-refractivity contribution is 5.78. The zero-order valence-electron chi connectivity index (χ0n) is 12.5. The molecule has 1 aromatic carbocycles. The lowest BCUT2D eigenvalue weighted by atomic mass is 9.86. The molecule has 5 heteroatoms. The second-order valence-electron chi connectivity index (χ2n) is 5.75. The fraction of sp³-hybridized carbons (Fsp3) is 0.500. The Labute approximate surface area is 125 Å². The molecule has 1 heterocycles. The van der Waals surface area contributed by atoms with Gasteiger partial charge in [-0.25, -0.2) is 4.98 Å². The van der Waals surface area contributed by atoms with E-state index >= 15 is 0 Å². The van der Waals surface area contributed by atoms with Crippen LogP contribution in [0, 0.1) is 12.8 Å². The second kappa shape index (κ2) is 6.16. The number of aryl methyl sites for hydroxylation is 1. The Balaban J connectivity index is 1.55. The van der Waals surface area contributed by atoms with E-state index in [1.165, 1.54) is 24.8 Å². The summed E-state index contributed by atoms with van der Waals surface area (Å²) >= 11 is 0. The van der Waals surface area contributed by atoms with Crippen molar-refractivity contribution >= 4 is 17.0 Å². The number of nitrogens with two attached hydrogens (primary N) is 1. The Kier molecular flexibility index (Phi) is 4.08. The average molecular weight is 285 g/mol. The molecule has 1 aliphatic rings. The van der Waals surface area contributed by atoms with Crippen LogP contribution < -0.4 is 11.1 Å². The number of guanidine groups is 1. The SMILES string of the molecule is Cc1nc2ccccc2n1CCNC(N)=NCC1CCC1. The molecule has 0 atom stereocenters. The smallest absolute Gasteiger partial charge is 0.188 e. The van der Waals surface area contributed by atoms with Crippen LogP contribution in [0.4, 0.5) is 0 Å². The van der Waals surface area contributed by atoms with Crippen molar-refractivity contribution in [3.05, 3.63) is 30.1 Å². The van der Waals surface area contributed by atoms with E-state index in [1.54, 1.807) is 0 Å². The van der Waals surface area contributed by atoms with Crippen molar-refractivity contribution in [3.8, 4) is 0 Å². The average Bonchev–Trinajstić information content (AvgIpc) is 2.73. The van der Waals surface area contributed by atoms with Crippen molar-refractivity contribution < 1.29 is 0 Å². The molecule has 3 rings (SSSR count). The summed E-state index contributed by atoms with van der Waals surface area (Å²) in [5.41, 5.74) is 8.12. The van der Waals surface area contributed by atoms with E-state index in [0.29, 0.717) is 5.96 Å². The van der Waals surface area contributed by atoms with Crippen LogP contribution in [0.2, 0.25) is 0 Å². The fourth-order valence-electron chi connectivity index (χ4n) is 2.73. The molecule has 112 valence electrons. The molecular weight excluding hydrogens is 262 g/mol. The number of nitrogens with zero attached hydrogens (tertiary/aromatic N) is 3. The Bertz CT molecular complexity index is 639. The first-order valence-corrected chi connectivity index (χ1v) is 7.69. The van der Waals surface area contributed by atoms with Gasteiger partial charge in [-0.15, -0.1) is 0 Å². The van der Waals surface area contributed by atoms with Gasteiger partial charge in [-0.1, -0.05) is 18.6 Å². The van der Waals surface area contributed by atoms with Crippen LogP contribution in [0.25, 0.3) is 11.0 Å². The standard InChI is InChI=1S/C16H23N5/c1-12-20-14-7-2-3-8-15(14)21(12)10-9-18-16(17)19-11-13-5-4-6-13/h2-3,7-8,13H,4-6,9-11H2,1H3,(H3,17,18,19). The molecule has 0 unspecified atom stereocenters. The van der Waals surface area contributed by atoms with Crippen molar-refractivity contribution in [2.45, 2.75) is 32.7 Å². The highest BCUT2D eigenvalue weighted by Crippen LogP contribution is 2.26. The lowest BCUT2D eigenvalue weighted by Gasteiger charge is -2.23. The van der Waals surface area contributed by atoms with Gasteiger partial charge in [0, 0.05) is 19.6 Å². The molecule has 1 aliphatic carbocycles. The van der Waals surface area contributed by atoms with Crippen LogP contribution in [0.5, 0.6) is 0 Å². The third kappa shape index (κ3) is 3.17. The van der Waals surface area contributed by atoms with Crippen LogP contribution in [-0.2, 0) is 6.54 Å². The summed E-state index contributed by atoms with van der Waals surface area (Å²) in [6.45, 7) is 4.51. The van der Waals surface area contributed by atoms with Crippen molar-refractivity contribution in [1.29, 1.82) is 0 Å². The molecule has 21 heavy (non-hydrogen) atoms. The molecule has 0 bridgehead atoms. The summed E-state index contributed by atoms with van der Waals surface area (Å²) in [5, 5.41) is 3.20. The zero-order valence-corrected chi connectivity index (χ0v) is 12.5. The lowest BCUT2D eigenvalue weighted by molar-refractivity contribution is 0.326. The minimum atomic E-state index is 0.559. The van der Waals surface area contributed by atoms with Gasteiger partial charge in [0.2, 0.25) is 0 Å². The first kappa shape index (κ1) is 13.9. The van der Waals surface area contributed by atoms with Crippen LogP contribution in [0.3, 0.4) is 0 Å². The van der Waals surface area contributed by atoms with E-state index in [1.807, 2.05) is 25.1 Å². The van der Waals surface area contributed by atoms with Crippen LogP contribution in [0.1, 0.15) is 25.1 Å². The van der Waals surface area contributed by atoms with Gasteiger partial charge in [0.25, 0.3) is 0 Å². The van der Waals surface area contributed by atoms with Gasteiger partial charge in [-0.05, 0) is 37.8 Å². The number of para-hydroxylation sites is 2. The summed E-state index contributed by atoms with van der Waals surface area (Å²) < 4.78 is 2.21. The zero-order chi connectivity index (χ0) is 14.7. The van der Waals surface area contributed by atoms with Gasteiger partial charge in [0.05, 0.1) is 11.0 Å². The Morgan fingerprint density at radius 2 is 2.24 bits per heavy atom. The number of nitrogens with one attached hydrogen (secondary N) is 1. The van der Waals surface area contributed by atoms with Crippen LogP contribution in [0.15, 0.2) is 29.3 Å². The maximum atomic E-state index is 5.90. The third-order valence-corrected chi connectivity index (χ3v) is 4.23. The molecule has 2 aromatic rings. The summed E-state index contributed by atoms with van der Waals surface area (Å²) in [7, 11) is 0. The van der Waals surface area contributed by atoms with Gasteiger partial charge in [0.1, 0.15) is 5.82 Å². The maximum Gasteiger partial charge on any atom is 0.188 e. The van der Waals surface area contributed by atoms with E-state index in [2.05, 4.69) is 25.9 Å². The molecule has 3 N–H and O–H groups in total. The predicted octanol–water partition coefficient (Wildman–Crippen LogP) is 2.05. The molecule has 1 fully saturated rings. The summed E-state index contributed by atoms with van der Waals surface area (Å²) in [6.07, 6.45) is 3.95. The number of hydrogen-bond donors (Lipinski definition) is 2. The number of aliphatic imine (C=N–C) groups is 1. The number of imidazole rings is 1. The Hall–Kier alpha value is -2.04. The maximum absolute atomic E-state index is 5.90. The quantitative estimate of drug-likeness (QED) is 0.652. The molecule has 0 saturated heterocycles. The highest BCUT2D eigenvalue weighted by Gasteiger charge is 2.16. The minimum absolute atomic E-state index is 0.559. The van der Waals surface area contributed by atoms with E-state index in [0.717, 1.165) is 36.9 Å². The van der Waals surface area contributed by atoms with E-state index in [9.17, 15) is 0 Å². The summed E-state index contributed by atoms with van der Waals surface area (Å²) in [5.74, 6) is 2.34. The number of fused-ring (bicyclic) bond motifs is 1. The number of aromatic nitrogens is 2. The molecule has 0 spiro atoms. The number of hydrogen-bond acceptors (Lipinski definition) is 2. The second-order valence-corrected chi connectivity index (χ2v) is 5.75. The van der Waals surface area contributed by atoms with Crippen molar-refractivity contribution in [2.24, 2.45) is 16.6 Å². The molecule has 0 amide bonds. The minimum Gasteiger partial charge on any atom is -0.370 e. The first-order valence-electron chi connectivity index (χ1n) is 7.69. The Morgan fingerprint density at radius 3 is 3.00 bits per heavy atom. The highest BCUT2D eigenvalue weighted by atomic mass is 15.1. The van der Waals surface area contributed by atoms with E-state index < -0.39 is 0 Å². The van der Waals surface area contributed by atoms with Crippen LogP contribution in [-0.4, -0.2) is 28.6 Å². The fourth-order valence-corrected chi connectivity index (χ4v) is 2.73. The third-order valence-electron chi connectivity index (χ3n) is 4.23. The topological polar surface area (TPSA) is 68.2 Å². The summed E-state index contributed by atoms with van der Waals surface area (Å²) in [6, 6.07) is 8.20. The van der Waals surface area contributed by atoms with Gasteiger partial charge in [0.15, 0.2) is 5.96 Å². The van der Waals surface area contributed by atoms with Crippen molar-refractivity contribution in [3.63, 3.8) is 0 Å². The number of rotatable bonds is 5. The molecule has 0 aliphatic heterocycles. The van der Waals surface area contributed by atoms with E-state index in [-0.39, 0.29) is 0 Å². The van der Waals surface area contributed by atoms with Gasteiger partial charge in [-0.2, -0.15) is 0 Å². The normalized spacial score (nSPS) is 16.1. The van der Waals surface area contributed by atoms with Gasteiger partial charge >= 0.3 is 0 Å². The van der Waals surface area contributed by atoms with E-state index in [4.69, 9.17) is 5.73 Å². The van der Waals surface area contributed by atoms with Crippen molar-refractivity contribution in [2.75, 3.05) is 13.1 Å². The van der Waals surface area contributed by atoms with Gasteiger partial charge in [-0.3, -0.25) is 4.99 Å². The van der Waals surface area contributed by atoms with Crippen LogP contribution >= 0.6 is 0 Å². The molecule has 1 saturated carbocycles. The van der Waals surface area contributed by atoms with Crippen molar-refractivity contribution in [1.82, 2.24) is 14.9 Å². The number of benzene rings is 1. The molecule has 1 aromatic heterocycles. The predicted molar refractivity (Wildman–Crippen MR) is 86.3 cm³/mol. The monoisotopic (exact) mass is 285 g/mol. The lowest BCUT2D eigenvalue weighted by Crippen LogP contribution is -2.35. The molecule has 5 nitrogen and oxygen atoms in total. The molecule has 0 radical (unpaired) electrons. The largest absolute Gasteiger partial charge is 0.370 e.